The summed E-state index contributed by atoms with van der Waals surface area (Å²) in [5.74, 6) is -0.982. The summed E-state index contributed by atoms with van der Waals surface area (Å²) >= 11 is 0. The van der Waals surface area contributed by atoms with Crippen LogP contribution in [0.2, 0.25) is 0 Å². The van der Waals surface area contributed by atoms with Gasteiger partial charge in [-0.3, -0.25) is 0 Å². The molecule has 62 valence electrons. The number of carbonyl (C=O) groups is 1. The minimum Gasteiger partial charge on any atom is -1.00 e. The van der Waals surface area contributed by atoms with E-state index in [1.807, 2.05) is 13.8 Å². The Bertz CT molecular complexity index is 275. The molecule has 0 aliphatic rings. The zero-order valence-electron chi connectivity index (χ0n) is 8.48. The van der Waals surface area contributed by atoms with E-state index >= 15 is 0 Å². The van der Waals surface area contributed by atoms with Gasteiger partial charge in [0.1, 0.15) is 0 Å². The van der Waals surface area contributed by atoms with Gasteiger partial charge < -0.3 is 11.1 Å². The van der Waals surface area contributed by atoms with Crippen LogP contribution in [-0.2, 0) is 0 Å². The molecule has 0 amide bonds. The minimum absolute atomic E-state index is 0. The smallest absolute Gasteiger partial charge is 1.00 e. The quantitative estimate of drug-likeness (QED) is 0.526. The SMILES string of the molecule is CC(C)n1cnc(C(=O)O)c1.[H-].[Li+]. The first-order chi connectivity index (χ1) is 5.11. The number of nitrogens with zero attached hydrogens (tertiary/aromatic N) is 2. The largest absolute Gasteiger partial charge is 1.00 e. The maximum atomic E-state index is 10.4. The van der Waals surface area contributed by atoms with Crippen molar-refractivity contribution in [2.24, 2.45) is 0 Å². The third kappa shape index (κ3) is 2.40. The second kappa shape index (κ2) is 4.34. The van der Waals surface area contributed by atoms with E-state index in [9.17, 15) is 4.79 Å². The molecule has 0 fully saturated rings. The molecule has 1 aromatic heterocycles. The van der Waals surface area contributed by atoms with Crippen molar-refractivity contribution in [3.63, 3.8) is 0 Å². The van der Waals surface area contributed by atoms with Crippen LogP contribution in [0.4, 0.5) is 0 Å². The van der Waals surface area contributed by atoms with Crippen LogP contribution in [0.15, 0.2) is 12.5 Å². The van der Waals surface area contributed by atoms with Gasteiger partial charge in [-0.25, -0.2) is 9.78 Å². The maximum absolute atomic E-state index is 10.4. The second-order valence-electron chi connectivity index (χ2n) is 2.61. The average Bonchev–Trinajstić information content (AvgIpc) is 2.33. The van der Waals surface area contributed by atoms with Gasteiger partial charge >= 0.3 is 24.8 Å². The first kappa shape index (κ1) is 11.3. The van der Waals surface area contributed by atoms with Gasteiger partial charge in [0.15, 0.2) is 5.69 Å². The Balaban J connectivity index is 0. The molecule has 1 aromatic rings. The fraction of sp³-hybridized carbons (Fsp3) is 0.429. The molecule has 1 N–H and O–H groups in total. The average molecular weight is 162 g/mol. The number of rotatable bonds is 2. The van der Waals surface area contributed by atoms with Crippen LogP contribution in [-0.4, -0.2) is 20.6 Å². The molecule has 0 radical (unpaired) electrons. The van der Waals surface area contributed by atoms with E-state index in [-0.39, 0.29) is 32.0 Å². The van der Waals surface area contributed by atoms with Gasteiger partial charge in [-0.15, -0.1) is 0 Å². The molecular weight excluding hydrogens is 151 g/mol. The summed E-state index contributed by atoms with van der Waals surface area (Å²) in [6, 6.07) is 0.260. The van der Waals surface area contributed by atoms with Crippen molar-refractivity contribution in [1.29, 1.82) is 0 Å². The molecular formula is C7H11LiN2O2. The van der Waals surface area contributed by atoms with Gasteiger partial charge in [0, 0.05) is 12.2 Å². The van der Waals surface area contributed by atoms with E-state index in [0.717, 1.165) is 0 Å². The number of aromatic nitrogens is 2. The normalized spacial score (nSPS) is 9.58. The minimum atomic E-state index is -0.982. The molecule has 1 heterocycles. The molecule has 1 rings (SSSR count). The van der Waals surface area contributed by atoms with E-state index in [0.29, 0.717) is 0 Å². The number of imidazole rings is 1. The van der Waals surface area contributed by atoms with Crippen molar-refractivity contribution in [1.82, 2.24) is 9.55 Å². The third-order valence-electron chi connectivity index (χ3n) is 1.42. The summed E-state index contributed by atoms with van der Waals surface area (Å²) < 4.78 is 1.75. The molecule has 0 aliphatic carbocycles. The van der Waals surface area contributed by atoms with Crippen LogP contribution in [0.1, 0.15) is 31.8 Å². The van der Waals surface area contributed by atoms with Crippen LogP contribution < -0.4 is 18.9 Å². The predicted molar refractivity (Wildman–Crippen MR) is 40.7 cm³/mol. The Labute approximate surface area is 84.3 Å². The Morgan fingerprint density at radius 3 is 2.58 bits per heavy atom. The van der Waals surface area contributed by atoms with E-state index in [2.05, 4.69) is 4.98 Å². The third-order valence-corrected chi connectivity index (χ3v) is 1.42. The van der Waals surface area contributed by atoms with Gasteiger partial charge in [0.2, 0.25) is 0 Å². The van der Waals surface area contributed by atoms with Crippen molar-refractivity contribution in [2.75, 3.05) is 0 Å². The molecule has 0 spiro atoms. The van der Waals surface area contributed by atoms with E-state index < -0.39 is 5.97 Å². The Hall–Kier alpha value is -0.723. The Morgan fingerprint density at radius 2 is 2.33 bits per heavy atom. The van der Waals surface area contributed by atoms with Crippen molar-refractivity contribution in [2.45, 2.75) is 19.9 Å². The van der Waals surface area contributed by atoms with Crippen molar-refractivity contribution >= 4 is 5.97 Å². The van der Waals surface area contributed by atoms with Gasteiger partial charge in [-0.05, 0) is 13.8 Å². The molecule has 0 bridgehead atoms. The molecule has 12 heavy (non-hydrogen) atoms. The van der Waals surface area contributed by atoms with Crippen molar-refractivity contribution in [3.05, 3.63) is 18.2 Å². The zero-order valence-corrected chi connectivity index (χ0v) is 7.48. The van der Waals surface area contributed by atoms with Gasteiger partial charge in [0.05, 0.1) is 6.33 Å². The topological polar surface area (TPSA) is 55.1 Å². The first-order valence-corrected chi connectivity index (χ1v) is 3.38. The second-order valence-corrected chi connectivity index (χ2v) is 2.61. The number of carboxylic acid groups (broad SMARTS) is 1. The molecule has 0 atom stereocenters. The first-order valence-electron chi connectivity index (χ1n) is 3.38. The number of carboxylic acids is 1. The number of hydrogen-bond acceptors (Lipinski definition) is 2. The number of aromatic carboxylic acids is 1. The Morgan fingerprint density at radius 1 is 1.75 bits per heavy atom. The fourth-order valence-corrected chi connectivity index (χ4v) is 0.730. The summed E-state index contributed by atoms with van der Waals surface area (Å²) in [7, 11) is 0. The summed E-state index contributed by atoms with van der Waals surface area (Å²) in [5.41, 5.74) is 0.0960. The zero-order chi connectivity index (χ0) is 8.43. The van der Waals surface area contributed by atoms with Gasteiger partial charge in [-0.2, -0.15) is 0 Å². The van der Waals surface area contributed by atoms with Crippen molar-refractivity contribution < 1.29 is 30.2 Å². The number of hydrogen-bond donors (Lipinski definition) is 1. The maximum Gasteiger partial charge on any atom is 1.00 e. The molecule has 0 saturated heterocycles. The van der Waals surface area contributed by atoms with Crippen LogP contribution in [0.5, 0.6) is 0 Å². The van der Waals surface area contributed by atoms with E-state index in [4.69, 9.17) is 5.11 Å². The molecule has 0 unspecified atom stereocenters. The van der Waals surface area contributed by atoms with Gasteiger partial charge in [-0.1, -0.05) is 0 Å². The summed E-state index contributed by atoms with van der Waals surface area (Å²) in [5, 5.41) is 8.50. The molecule has 0 saturated carbocycles. The Kier molecular flexibility index (Phi) is 4.08. The van der Waals surface area contributed by atoms with E-state index in [1.165, 1.54) is 12.5 Å². The predicted octanol–water partition coefficient (Wildman–Crippen LogP) is -1.72. The molecule has 5 heteroatoms. The monoisotopic (exact) mass is 162 g/mol. The van der Waals surface area contributed by atoms with Crippen LogP contribution >= 0.6 is 0 Å². The molecule has 4 nitrogen and oxygen atoms in total. The summed E-state index contributed by atoms with van der Waals surface area (Å²) in [6.45, 7) is 3.93. The van der Waals surface area contributed by atoms with Crippen LogP contribution in [0.3, 0.4) is 0 Å². The van der Waals surface area contributed by atoms with Gasteiger partial charge in [0.25, 0.3) is 0 Å². The summed E-state index contributed by atoms with van der Waals surface area (Å²) in [4.78, 5) is 14.1. The molecule has 0 aromatic carbocycles. The standard InChI is InChI=1S/C7H10N2O2.Li.H/c1-5(2)9-3-6(7(10)11)8-4-9;;/h3-5H,1-2H3,(H,10,11);;/q;+1;-1. The van der Waals surface area contributed by atoms with Crippen molar-refractivity contribution in [3.8, 4) is 0 Å². The van der Waals surface area contributed by atoms with Crippen LogP contribution in [0.25, 0.3) is 0 Å². The van der Waals surface area contributed by atoms with E-state index in [1.54, 1.807) is 4.57 Å². The fourth-order valence-electron chi connectivity index (χ4n) is 0.730. The molecule has 0 aliphatic heterocycles. The summed E-state index contributed by atoms with van der Waals surface area (Å²) in [6.07, 6.45) is 3.04. The van der Waals surface area contributed by atoms with Crippen LogP contribution in [0, 0.1) is 0 Å².